The highest BCUT2D eigenvalue weighted by molar-refractivity contribution is 7.99. The van der Waals surface area contributed by atoms with Crippen LogP contribution in [0, 0.1) is 0 Å². The molecule has 0 spiro atoms. The molecule has 7 heteroatoms. The smallest absolute Gasteiger partial charge is 0.372 e. The van der Waals surface area contributed by atoms with Crippen LogP contribution in [-0.2, 0) is 14.4 Å². The van der Waals surface area contributed by atoms with Gasteiger partial charge in [-0.3, -0.25) is 9.59 Å². The Hall–Kier alpha value is -1.08. The number of carbonyl (C=O) groups is 3. The molecule has 0 aromatic rings. The van der Waals surface area contributed by atoms with Crippen LogP contribution in [0.5, 0.6) is 0 Å². The second-order valence-corrected chi connectivity index (χ2v) is 4.71. The number of carboxylic acids is 2. The van der Waals surface area contributed by atoms with Crippen LogP contribution >= 0.6 is 11.8 Å². The van der Waals surface area contributed by atoms with Gasteiger partial charge in [-0.1, -0.05) is 6.42 Å². The van der Waals surface area contributed by atoms with Gasteiger partial charge in [0.2, 0.25) is 5.78 Å². The van der Waals surface area contributed by atoms with Gasteiger partial charge in [0.05, 0.1) is 0 Å². The molecule has 6 nitrogen and oxygen atoms in total. The molecule has 0 saturated heterocycles. The second kappa shape index (κ2) is 9.00. The zero-order chi connectivity index (χ0) is 13.3. The molecule has 0 aromatic heterocycles. The minimum Gasteiger partial charge on any atom is -0.480 e. The third kappa shape index (κ3) is 8.70. The van der Waals surface area contributed by atoms with Crippen molar-refractivity contribution in [3.8, 4) is 0 Å². The number of rotatable bonds is 10. The zero-order valence-corrected chi connectivity index (χ0v) is 10.2. The van der Waals surface area contributed by atoms with Crippen molar-refractivity contribution in [3.63, 3.8) is 0 Å². The topological polar surface area (TPSA) is 118 Å². The first-order valence-electron chi connectivity index (χ1n) is 5.27. The summed E-state index contributed by atoms with van der Waals surface area (Å²) in [6, 6.07) is -0.839. The Morgan fingerprint density at radius 1 is 1.12 bits per heavy atom. The Kier molecular flexibility index (Phi) is 8.43. The summed E-state index contributed by atoms with van der Waals surface area (Å²) < 4.78 is 0. The molecule has 0 bridgehead atoms. The number of hydrogen-bond acceptors (Lipinski definition) is 5. The van der Waals surface area contributed by atoms with Crippen molar-refractivity contribution >= 4 is 29.5 Å². The van der Waals surface area contributed by atoms with Crippen LogP contribution in [0.15, 0.2) is 0 Å². The molecule has 17 heavy (non-hydrogen) atoms. The van der Waals surface area contributed by atoms with Gasteiger partial charge in [-0.2, -0.15) is 11.8 Å². The molecule has 0 unspecified atom stereocenters. The normalized spacial score (nSPS) is 12.1. The summed E-state index contributed by atoms with van der Waals surface area (Å²) in [4.78, 5) is 31.3. The van der Waals surface area contributed by atoms with E-state index >= 15 is 0 Å². The van der Waals surface area contributed by atoms with Crippen molar-refractivity contribution in [2.75, 3.05) is 11.5 Å². The Morgan fingerprint density at radius 2 is 1.76 bits per heavy atom. The van der Waals surface area contributed by atoms with E-state index in [0.29, 0.717) is 12.2 Å². The van der Waals surface area contributed by atoms with E-state index in [0.717, 1.165) is 18.6 Å². The van der Waals surface area contributed by atoms with Crippen molar-refractivity contribution in [2.24, 2.45) is 5.73 Å². The van der Waals surface area contributed by atoms with E-state index in [9.17, 15) is 14.4 Å². The van der Waals surface area contributed by atoms with E-state index in [4.69, 9.17) is 15.9 Å². The van der Waals surface area contributed by atoms with Crippen molar-refractivity contribution in [1.29, 1.82) is 0 Å². The number of hydrogen-bond donors (Lipinski definition) is 3. The van der Waals surface area contributed by atoms with Crippen LogP contribution in [0.4, 0.5) is 0 Å². The third-order valence-electron chi connectivity index (χ3n) is 2.05. The molecule has 0 aliphatic heterocycles. The highest BCUT2D eigenvalue weighted by Gasteiger charge is 2.11. The minimum absolute atomic E-state index is 0.0641. The van der Waals surface area contributed by atoms with E-state index in [1.807, 2.05) is 0 Å². The molecule has 0 fully saturated rings. The average Bonchev–Trinajstić information content (AvgIpc) is 2.26. The SMILES string of the molecule is N[C@@H](CSCCCCCC(=O)C(=O)O)C(=O)O. The van der Waals surface area contributed by atoms with Gasteiger partial charge in [-0.15, -0.1) is 0 Å². The summed E-state index contributed by atoms with van der Waals surface area (Å²) in [7, 11) is 0. The zero-order valence-electron chi connectivity index (χ0n) is 9.42. The molecule has 0 rings (SSSR count). The number of thioether (sulfide) groups is 1. The molecule has 0 aliphatic carbocycles. The molecule has 1 atom stereocenters. The Labute approximate surface area is 104 Å². The van der Waals surface area contributed by atoms with E-state index in [1.165, 1.54) is 11.8 Å². The highest BCUT2D eigenvalue weighted by atomic mass is 32.2. The third-order valence-corrected chi connectivity index (χ3v) is 3.22. The average molecular weight is 263 g/mol. The molecule has 0 saturated carbocycles. The maximum Gasteiger partial charge on any atom is 0.372 e. The lowest BCUT2D eigenvalue weighted by Crippen LogP contribution is -2.32. The monoisotopic (exact) mass is 263 g/mol. The second-order valence-electron chi connectivity index (χ2n) is 3.56. The van der Waals surface area contributed by atoms with Gasteiger partial charge in [-0.05, 0) is 18.6 Å². The number of ketones is 1. The number of carbonyl (C=O) groups excluding carboxylic acids is 1. The quantitative estimate of drug-likeness (QED) is 0.384. The summed E-state index contributed by atoms with van der Waals surface area (Å²) in [5.41, 5.74) is 5.30. The van der Waals surface area contributed by atoms with Gasteiger partial charge in [0, 0.05) is 12.2 Å². The summed E-state index contributed by atoms with van der Waals surface area (Å²) >= 11 is 1.45. The van der Waals surface area contributed by atoms with Crippen molar-refractivity contribution in [2.45, 2.75) is 31.7 Å². The number of aliphatic carboxylic acids is 2. The van der Waals surface area contributed by atoms with Crippen molar-refractivity contribution < 1.29 is 24.6 Å². The molecular formula is C10H17NO5S. The minimum atomic E-state index is -1.38. The first-order chi connectivity index (χ1) is 7.95. The maximum absolute atomic E-state index is 10.7. The lowest BCUT2D eigenvalue weighted by atomic mass is 10.1. The van der Waals surface area contributed by atoms with Gasteiger partial charge in [-0.25, -0.2) is 4.79 Å². The van der Waals surface area contributed by atoms with E-state index < -0.39 is 23.8 Å². The fourth-order valence-corrected chi connectivity index (χ4v) is 2.03. The summed E-state index contributed by atoms with van der Waals surface area (Å²) in [6.45, 7) is 0. The lowest BCUT2D eigenvalue weighted by molar-refractivity contribution is -0.149. The molecule has 4 N–H and O–H groups in total. The number of unbranched alkanes of at least 4 members (excludes halogenated alkanes) is 2. The fraction of sp³-hybridized carbons (Fsp3) is 0.700. The van der Waals surface area contributed by atoms with E-state index in [2.05, 4.69) is 0 Å². The van der Waals surface area contributed by atoms with Crippen LogP contribution in [0.2, 0.25) is 0 Å². The largest absolute Gasteiger partial charge is 0.480 e. The van der Waals surface area contributed by atoms with Gasteiger partial charge in [0.25, 0.3) is 0 Å². The van der Waals surface area contributed by atoms with Gasteiger partial charge >= 0.3 is 11.9 Å². The van der Waals surface area contributed by atoms with Gasteiger partial charge in [0.15, 0.2) is 0 Å². The standard InChI is InChI=1S/C10H17NO5S/c11-7(9(13)14)6-17-5-3-1-2-4-8(12)10(15)16/h7H,1-6,11H2,(H,13,14)(H,15,16)/t7-/m0/s1. The first kappa shape index (κ1) is 15.9. The Balaban J connectivity index is 3.33. The molecular weight excluding hydrogens is 246 g/mol. The van der Waals surface area contributed by atoms with Crippen LogP contribution in [0.1, 0.15) is 25.7 Å². The van der Waals surface area contributed by atoms with Crippen molar-refractivity contribution in [1.82, 2.24) is 0 Å². The molecule has 0 aromatic carbocycles. The molecule has 98 valence electrons. The Morgan fingerprint density at radius 3 is 2.29 bits per heavy atom. The van der Waals surface area contributed by atoms with Crippen LogP contribution in [0.3, 0.4) is 0 Å². The maximum atomic E-state index is 10.7. The van der Waals surface area contributed by atoms with Gasteiger partial charge in [0.1, 0.15) is 6.04 Å². The van der Waals surface area contributed by atoms with Crippen molar-refractivity contribution in [3.05, 3.63) is 0 Å². The predicted molar refractivity (Wildman–Crippen MR) is 64.0 cm³/mol. The molecule has 0 heterocycles. The highest BCUT2D eigenvalue weighted by Crippen LogP contribution is 2.08. The molecule has 0 radical (unpaired) electrons. The van der Waals surface area contributed by atoms with Gasteiger partial charge < -0.3 is 15.9 Å². The first-order valence-corrected chi connectivity index (χ1v) is 6.43. The molecule has 0 amide bonds. The van der Waals surface area contributed by atoms with Crippen LogP contribution in [-0.4, -0.2) is 45.5 Å². The van der Waals surface area contributed by atoms with Crippen LogP contribution < -0.4 is 5.73 Å². The fourth-order valence-electron chi connectivity index (χ4n) is 1.05. The molecule has 0 aliphatic rings. The summed E-state index contributed by atoms with van der Waals surface area (Å²) in [6.07, 6.45) is 2.20. The number of carboxylic acid groups (broad SMARTS) is 2. The number of Topliss-reactive ketones (excluding diaryl/α,β-unsaturated/α-hetero) is 1. The lowest BCUT2D eigenvalue weighted by Gasteiger charge is -2.05. The summed E-state index contributed by atoms with van der Waals surface area (Å²) in [5, 5.41) is 16.8. The number of nitrogens with two attached hydrogens (primary N) is 1. The summed E-state index contributed by atoms with van der Waals surface area (Å²) in [5.74, 6) is -2.02. The Bertz CT molecular complexity index is 282. The predicted octanol–water partition coefficient (Wildman–Crippen LogP) is 0.346. The van der Waals surface area contributed by atoms with E-state index in [1.54, 1.807) is 0 Å². The van der Waals surface area contributed by atoms with E-state index in [-0.39, 0.29) is 6.42 Å². The van der Waals surface area contributed by atoms with Crippen LogP contribution in [0.25, 0.3) is 0 Å².